The zero-order valence-corrected chi connectivity index (χ0v) is 12.8. The molecule has 2 saturated carbocycles. The molecule has 2 aliphatic rings. The number of fused-ring (bicyclic) bond motifs is 2. The lowest BCUT2D eigenvalue weighted by Gasteiger charge is -2.33. The molecule has 0 aromatic rings. The molecular formula is C14H27ClN2O. The van der Waals surface area contributed by atoms with Crippen LogP contribution in [0.3, 0.4) is 0 Å². The van der Waals surface area contributed by atoms with E-state index in [-0.39, 0.29) is 35.7 Å². The normalized spacial score (nSPS) is 34.3. The average Bonchev–Trinajstić information content (AvgIpc) is 2.74. The minimum absolute atomic E-state index is 0. The summed E-state index contributed by atoms with van der Waals surface area (Å²) in [4.78, 5) is 14.4. The Morgan fingerprint density at radius 2 is 1.83 bits per heavy atom. The fourth-order valence-corrected chi connectivity index (χ4v) is 3.75. The molecule has 106 valence electrons. The van der Waals surface area contributed by atoms with Crippen LogP contribution in [0.15, 0.2) is 0 Å². The van der Waals surface area contributed by atoms with E-state index < -0.39 is 0 Å². The molecule has 4 unspecified atom stereocenters. The zero-order chi connectivity index (χ0) is 12.8. The second kappa shape index (κ2) is 5.38. The van der Waals surface area contributed by atoms with Crippen molar-refractivity contribution < 1.29 is 4.79 Å². The highest BCUT2D eigenvalue weighted by molar-refractivity contribution is 5.85. The van der Waals surface area contributed by atoms with Gasteiger partial charge < -0.3 is 10.6 Å². The van der Waals surface area contributed by atoms with E-state index in [0.29, 0.717) is 11.8 Å². The van der Waals surface area contributed by atoms with Crippen molar-refractivity contribution in [1.82, 2.24) is 4.90 Å². The highest BCUT2D eigenvalue weighted by Crippen LogP contribution is 2.48. The van der Waals surface area contributed by atoms with E-state index in [4.69, 9.17) is 5.73 Å². The first kappa shape index (κ1) is 15.8. The van der Waals surface area contributed by atoms with Crippen molar-refractivity contribution in [2.75, 3.05) is 13.6 Å². The predicted molar refractivity (Wildman–Crippen MR) is 76.6 cm³/mol. The van der Waals surface area contributed by atoms with Gasteiger partial charge in [0.1, 0.15) is 0 Å². The van der Waals surface area contributed by atoms with E-state index in [9.17, 15) is 4.79 Å². The molecule has 0 aliphatic heterocycles. The minimum atomic E-state index is 0. The van der Waals surface area contributed by atoms with E-state index >= 15 is 0 Å². The molecule has 1 amide bonds. The molecule has 0 aromatic heterocycles. The van der Waals surface area contributed by atoms with E-state index in [1.165, 1.54) is 19.3 Å². The van der Waals surface area contributed by atoms with Gasteiger partial charge in [0.05, 0.1) is 5.92 Å². The summed E-state index contributed by atoms with van der Waals surface area (Å²) in [6.07, 6.45) is 3.62. The maximum Gasteiger partial charge on any atom is 0.227 e. The standard InChI is InChI=1S/C14H26N2O.ClH/c1-14(2,3)8-16(4)13(17)11-9-5-6-10(7-9)12(11)15;/h9-12H,5-8,15H2,1-4H3;1H. The first-order chi connectivity index (χ1) is 7.79. The highest BCUT2D eigenvalue weighted by atomic mass is 35.5. The van der Waals surface area contributed by atoms with Crippen LogP contribution in [-0.2, 0) is 4.79 Å². The quantitative estimate of drug-likeness (QED) is 0.840. The van der Waals surface area contributed by atoms with Crippen LogP contribution in [0.2, 0.25) is 0 Å². The van der Waals surface area contributed by atoms with Crippen LogP contribution in [0.4, 0.5) is 0 Å². The van der Waals surface area contributed by atoms with Crippen molar-refractivity contribution >= 4 is 18.3 Å². The van der Waals surface area contributed by atoms with Crippen LogP contribution < -0.4 is 5.73 Å². The monoisotopic (exact) mass is 274 g/mol. The molecule has 2 aliphatic carbocycles. The van der Waals surface area contributed by atoms with E-state index in [0.717, 1.165) is 6.54 Å². The molecule has 0 spiro atoms. The first-order valence-corrected chi connectivity index (χ1v) is 6.80. The molecule has 4 heteroatoms. The van der Waals surface area contributed by atoms with Gasteiger partial charge in [0.2, 0.25) is 5.91 Å². The third-order valence-corrected chi connectivity index (χ3v) is 4.35. The SMILES string of the molecule is CN(CC(C)(C)C)C(=O)C1C2CCC(C2)C1N.Cl. The van der Waals surface area contributed by atoms with Crippen LogP contribution in [0.5, 0.6) is 0 Å². The predicted octanol–water partition coefficient (Wildman–Crippen LogP) is 2.29. The topological polar surface area (TPSA) is 46.3 Å². The lowest BCUT2D eigenvalue weighted by molar-refractivity contribution is -0.137. The van der Waals surface area contributed by atoms with Gasteiger partial charge in [-0.15, -0.1) is 12.4 Å². The Hall–Kier alpha value is -0.280. The van der Waals surface area contributed by atoms with Gasteiger partial charge in [0, 0.05) is 19.6 Å². The molecule has 18 heavy (non-hydrogen) atoms. The summed E-state index contributed by atoms with van der Waals surface area (Å²) in [5.41, 5.74) is 6.38. The number of amides is 1. The van der Waals surface area contributed by atoms with E-state index in [1.54, 1.807) is 0 Å². The van der Waals surface area contributed by atoms with Crippen molar-refractivity contribution in [2.45, 2.75) is 46.1 Å². The molecule has 2 bridgehead atoms. The van der Waals surface area contributed by atoms with Crippen molar-refractivity contribution in [3.05, 3.63) is 0 Å². The molecule has 0 saturated heterocycles. The number of carbonyl (C=O) groups excluding carboxylic acids is 1. The van der Waals surface area contributed by atoms with Gasteiger partial charge >= 0.3 is 0 Å². The maximum absolute atomic E-state index is 12.5. The summed E-state index contributed by atoms with van der Waals surface area (Å²) >= 11 is 0. The minimum Gasteiger partial charge on any atom is -0.345 e. The van der Waals surface area contributed by atoms with Crippen molar-refractivity contribution in [1.29, 1.82) is 0 Å². The summed E-state index contributed by atoms with van der Waals surface area (Å²) in [5, 5.41) is 0. The number of rotatable bonds is 2. The lowest BCUT2D eigenvalue weighted by atomic mass is 9.83. The molecular weight excluding hydrogens is 248 g/mol. The number of hydrogen-bond donors (Lipinski definition) is 1. The largest absolute Gasteiger partial charge is 0.345 e. The summed E-state index contributed by atoms with van der Waals surface area (Å²) in [6.45, 7) is 7.30. The summed E-state index contributed by atoms with van der Waals surface area (Å²) < 4.78 is 0. The Morgan fingerprint density at radius 3 is 2.28 bits per heavy atom. The van der Waals surface area contributed by atoms with Gasteiger partial charge in [-0.3, -0.25) is 4.79 Å². The van der Waals surface area contributed by atoms with Crippen LogP contribution in [0.1, 0.15) is 40.0 Å². The van der Waals surface area contributed by atoms with Crippen LogP contribution in [-0.4, -0.2) is 30.4 Å². The third kappa shape index (κ3) is 3.00. The third-order valence-electron chi connectivity index (χ3n) is 4.35. The fourth-order valence-electron chi connectivity index (χ4n) is 3.75. The lowest BCUT2D eigenvalue weighted by Crippen LogP contribution is -2.47. The van der Waals surface area contributed by atoms with Crippen molar-refractivity contribution in [2.24, 2.45) is 28.9 Å². The summed E-state index contributed by atoms with van der Waals surface area (Å²) in [6, 6.07) is 0.115. The number of carbonyl (C=O) groups is 1. The molecule has 4 atom stereocenters. The maximum atomic E-state index is 12.5. The van der Waals surface area contributed by atoms with Gasteiger partial charge in [-0.05, 0) is 36.5 Å². The van der Waals surface area contributed by atoms with Gasteiger partial charge in [-0.1, -0.05) is 20.8 Å². The van der Waals surface area contributed by atoms with Crippen LogP contribution >= 0.6 is 12.4 Å². The Morgan fingerprint density at radius 1 is 1.28 bits per heavy atom. The molecule has 0 aromatic carbocycles. The van der Waals surface area contributed by atoms with Crippen LogP contribution in [0, 0.1) is 23.2 Å². The molecule has 0 heterocycles. The molecule has 2 fully saturated rings. The second-order valence-corrected chi connectivity index (χ2v) is 7.19. The first-order valence-electron chi connectivity index (χ1n) is 6.80. The average molecular weight is 275 g/mol. The molecule has 3 nitrogen and oxygen atoms in total. The smallest absolute Gasteiger partial charge is 0.227 e. The number of nitrogens with zero attached hydrogens (tertiary/aromatic N) is 1. The van der Waals surface area contributed by atoms with Crippen molar-refractivity contribution in [3.63, 3.8) is 0 Å². The highest BCUT2D eigenvalue weighted by Gasteiger charge is 2.49. The number of nitrogens with two attached hydrogens (primary N) is 1. The molecule has 2 N–H and O–H groups in total. The Bertz CT molecular complexity index is 311. The van der Waals surface area contributed by atoms with Gasteiger partial charge in [0.25, 0.3) is 0 Å². The van der Waals surface area contributed by atoms with Gasteiger partial charge in [-0.2, -0.15) is 0 Å². The van der Waals surface area contributed by atoms with Gasteiger partial charge in [0.15, 0.2) is 0 Å². The Kier molecular flexibility index (Phi) is 4.71. The number of hydrogen-bond acceptors (Lipinski definition) is 2. The summed E-state index contributed by atoms with van der Waals surface area (Å²) in [5.74, 6) is 1.54. The molecule has 0 radical (unpaired) electrons. The zero-order valence-electron chi connectivity index (χ0n) is 12.0. The molecule has 2 rings (SSSR count). The second-order valence-electron chi connectivity index (χ2n) is 7.19. The Labute approximate surface area is 117 Å². The summed E-state index contributed by atoms with van der Waals surface area (Å²) in [7, 11) is 1.92. The number of halogens is 1. The van der Waals surface area contributed by atoms with Gasteiger partial charge in [-0.25, -0.2) is 0 Å². The van der Waals surface area contributed by atoms with Crippen molar-refractivity contribution in [3.8, 4) is 0 Å². The fraction of sp³-hybridized carbons (Fsp3) is 0.929. The van der Waals surface area contributed by atoms with E-state index in [1.807, 2.05) is 11.9 Å². The van der Waals surface area contributed by atoms with Crippen LogP contribution in [0.25, 0.3) is 0 Å². The Balaban J connectivity index is 0.00000162. The van der Waals surface area contributed by atoms with E-state index in [2.05, 4.69) is 20.8 Å².